The van der Waals surface area contributed by atoms with Crippen LogP contribution in [0.5, 0.6) is 0 Å². The molecule has 2 saturated heterocycles. The average molecular weight is 369 g/mol. The third-order valence-electron chi connectivity index (χ3n) is 5.87. The van der Waals surface area contributed by atoms with Crippen molar-refractivity contribution in [2.75, 3.05) is 31.5 Å². The van der Waals surface area contributed by atoms with Crippen LogP contribution < -0.4 is 5.32 Å². The lowest BCUT2D eigenvalue weighted by Crippen LogP contribution is -2.50. The van der Waals surface area contributed by atoms with E-state index in [2.05, 4.69) is 26.2 Å². The van der Waals surface area contributed by atoms with Crippen molar-refractivity contribution in [3.63, 3.8) is 0 Å². The standard InChI is InChI=1S/C22H29FN4/c23-19-5-7-20(8-6-19)25-21-4-2-12-27(17-21)22-9-13-26(14-10-22)16-18-3-1-11-24-15-18/h1,3,5-8,11,15,21-22,25H,2,4,9-10,12-14,16-17H2. The Labute approximate surface area is 161 Å². The highest BCUT2D eigenvalue weighted by atomic mass is 19.1. The first kappa shape index (κ1) is 18.4. The maximum Gasteiger partial charge on any atom is 0.123 e. The van der Waals surface area contributed by atoms with Crippen LogP contribution in [-0.4, -0.2) is 53.0 Å². The van der Waals surface area contributed by atoms with Crippen LogP contribution in [0.4, 0.5) is 10.1 Å². The predicted octanol–water partition coefficient (Wildman–Crippen LogP) is 3.76. The number of aromatic nitrogens is 1. The molecule has 27 heavy (non-hydrogen) atoms. The largest absolute Gasteiger partial charge is 0.381 e. The van der Waals surface area contributed by atoms with Crippen molar-refractivity contribution in [2.45, 2.75) is 44.3 Å². The van der Waals surface area contributed by atoms with Gasteiger partial charge in [-0.3, -0.25) is 14.8 Å². The van der Waals surface area contributed by atoms with Crippen molar-refractivity contribution >= 4 is 5.69 Å². The van der Waals surface area contributed by atoms with E-state index in [0.29, 0.717) is 12.1 Å². The lowest BCUT2D eigenvalue weighted by Gasteiger charge is -2.42. The van der Waals surface area contributed by atoms with E-state index >= 15 is 0 Å². The van der Waals surface area contributed by atoms with Crippen LogP contribution in [0, 0.1) is 5.82 Å². The van der Waals surface area contributed by atoms with Gasteiger partial charge in [-0.25, -0.2) is 4.39 Å². The van der Waals surface area contributed by atoms with Crippen molar-refractivity contribution < 1.29 is 4.39 Å². The zero-order valence-corrected chi connectivity index (χ0v) is 15.9. The molecule has 2 fully saturated rings. The van der Waals surface area contributed by atoms with E-state index in [9.17, 15) is 4.39 Å². The van der Waals surface area contributed by atoms with Crippen molar-refractivity contribution in [3.8, 4) is 0 Å². The molecule has 144 valence electrons. The topological polar surface area (TPSA) is 31.4 Å². The second kappa shape index (κ2) is 8.81. The fourth-order valence-corrected chi connectivity index (χ4v) is 4.43. The molecular weight excluding hydrogens is 339 g/mol. The first-order chi connectivity index (χ1) is 13.3. The third-order valence-corrected chi connectivity index (χ3v) is 5.87. The lowest BCUT2D eigenvalue weighted by atomic mass is 9.97. The van der Waals surface area contributed by atoms with E-state index < -0.39 is 0 Å². The van der Waals surface area contributed by atoms with Gasteiger partial charge in [-0.2, -0.15) is 0 Å². The molecule has 4 nitrogen and oxygen atoms in total. The highest BCUT2D eigenvalue weighted by Gasteiger charge is 2.28. The summed E-state index contributed by atoms with van der Waals surface area (Å²) in [5.74, 6) is -0.177. The highest BCUT2D eigenvalue weighted by molar-refractivity contribution is 5.43. The summed E-state index contributed by atoms with van der Waals surface area (Å²) < 4.78 is 13.1. The molecule has 1 unspecified atom stereocenters. The molecule has 0 aliphatic carbocycles. The zero-order chi connectivity index (χ0) is 18.5. The number of rotatable bonds is 5. The van der Waals surface area contributed by atoms with Gasteiger partial charge < -0.3 is 5.32 Å². The quantitative estimate of drug-likeness (QED) is 0.871. The van der Waals surface area contributed by atoms with Crippen LogP contribution in [0.1, 0.15) is 31.2 Å². The van der Waals surface area contributed by atoms with Crippen molar-refractivity contribution in [1.29, 1.82) is 0 Å². The Bertz CT molecular complexity index is 698. The monoisotopic (exact) mass is 368 g/mol. The van der Waals surface area contributed by atoms with E-state index in [1.54, 1.807) is 0 Å². The first-order valence-corrected chi connectivity index (χ1v) is 10.1. The molecule has 0 radical (unpaired) electrons. The molecule has 3 heterocycles. The SMILES string of the molecule is Fc1ccc(NC2CCCN(C3CCN(Cc4cccnc4)CC3)C2)cc1. The van der Waals surface area contributed by atoms with E-state index in [-0.39, 0.29) is 5.82 Å². The Kier molecular flexibility index (Phi) is 6.00. The van der Waals surface area contributed by atoms with Gasteiger partial charge in [0.25, 0.3) is 0 Å². The molecule has 1 atom stereocenters. The Hall–Kier alpha value is -1.98. The molecule has 5 heteroatoms. The minimum atomic E-state index is -0.177. The summed E-state index contributed by atoms with van der Waals surface area (Å²) >= 11 is 0. The Morgan fingerprint density at radius 2 is 1.85 bits per heavy atom. The Balaban J connectivity index is 1.26. The normalized spacial score (nSPS) is 22.6. The number of hydrogen-bond acceptors (Lipinski definition) is 4. The third kappa shape index (κ3) is 5.05. The molecule has 2 aromatic rings. The van der Waals surface area contributed by atoms with E-state index in [4.69, 9.17) is 0 Å². The van der Waals surface area contributed by atoms with Crippen LogP contribution >= 0.6 is 0 Å². The molecule has 0 spiro atoms. The number of hydrogen-bond donors (Lipinski definition) is 1. The Morgan fingerprint density at radius 1 is 1.04 bits per heavy atom. The number of likely N-dealkylation sites (tertiary alicyclic amines) is 2. The van der Waals surface area contributed by atoms with Crippen molar-refractivity contribution in [2.24, 2.45) is 0 Å². The van der Waals surface area contributed by atoms with Crippen LogP contribution in [0.3, 0.4) is 0 Å². The highest BCUT2D eigenvalue weighted by Crippen LogP contribution is 2.23. The number of nitrogens with one attached hydrogen (secondary N) is 1. The predicted molar refractivity (Wildman–Crippen MR) is 107 cm³/mol. The van der Waals surface area contributed by atoms with E-state index in [1.807, 2.05) is 30.6 Å². The maximum atomic E-state index is 13.1. The molecule has 0 bridgehead atoms. The fraction of sp³-hybridized carbons (Fsp3) is 0.500. The summed E-state index contributed by atoms with van der Waals surface area (Å²) in [7, 11) is 0. The lowest BCUT2D eigenvalue weighted by molar-refractivity contribution is 0.0856. The zero-order valence-electron chi connectivity index (χ0n) is 15.9. The number of halogens is 1. The number of nitrogens with zero attached hydrogens (tertiary/aromatic N) is 3. The van der Waals surface area contributed by atoms with Crippen molar-refractivity contribution in [3.05, 3.63) is 60.2 Å². The summed E-state index contributed by atoms with van der Waals surface area (Å²) in [4.78, 5) is 9.44. The molecule has 0 amide bonds. The fourth-order valence-electron chi connectivity index (χ4n) is 4.43. The number of benzene rings is 1. The van der Waals surface area contributed by atoms with Gasteiger partial charge in [-0.05, 0) is 81.2 Å². The second-order valence-corrected chi connectivity index (χ2v) is 7.85. The van der Waals surface area contributed by atoms with Gasteiger partial charge in [0, 0.05) is 43.3 Å². The maximum absolute atomic E-state index is 13.1. The molecule has 1 aromatic heterocycles. The molecule has 0 saturated carbocycles. The number of anilines is 1. The summed E-state index contributed by atoms with van der Waals surface area (Å²) in [6.07, 6.45) is 8.71. The van der Waals surface area contributed by atoms with Gasteiger partial charge in [-0.1, -0.05) is 6.07 Å². The van der Waals surface area contributed by atoms with E-state index in [0.717, 1.165) is 31.9 Å². The van der Waals surface area contributed by atoms with Crippen LogP contribution in [0.25, 0.3) is 0 Å². The minimum absolute atomic E-state index is 0.177. The van der Waals surface area contributed by atoms with Gasteiger partial charge >= 0.3 is 0 Å². The van der Waals surface area contributed by atoms with Gasteiger partial charge in [-0.15, -0.1) is 0 Å². The first-order valence-electron chi connectivity index (χ1n) is 10.1. The molecule has 2 aliphatic heterocycles. The molecular formula is C22H29FN4. The molecule has 1 N–H and O–H groups in total. The van der Waals surface area contributed by atoms with Crippen molar-refractivity contribution in [1.82, 2.24) is 14.8 Å². The van der Waals surface area contributed by atoms with Crippen LogP contribution in [-0.2, 0) is 6.54 Å². The molecule has 4 rings (SSSR count). The van der Waals surface area contributed by atoms with Crippen LogP contribution in [0.2, 0.25) is 0 Å². The summed E-state index contributed by atoms with van der Waals surface area (Å²) in [5.41, 5.74) is 2.33. The van der Waals surface area contributed by atoms with Crippen LogP contribution in [0.15, 0.2) is 48.8 Å². The number of piperidine rings is 2. The summed E-state index contributed by atoms with van der Waals surface area (Å²) in [6, 6.07) is 12.1. The second-order valence-electron chi connectivity index (χ2n) is 7.85. The minimum Gasteiger partial charge on any atom is -0.381 e. The number of pyridine rings is 1. The van der Waals surface area contributed by atoms with Gasteiger partial charge in [0.1, 0.15) is 5.82 Å². The Morgan fingerprint density at radius 3 is 2.59 bits per heavy atom. The van der Waals surface area contributed by atoms with Gasteiger partial charge in [0.15, 0.2) is 0 Å². The summed E-state index contributed by atoms with van der Waals surface area (Å²) in [5, 5.41) is 3.59. The van der Waals surface area contributed by atoms with Gasteiger partial charge in [0.05, 0.1) is 0 Å². The summed E-state index contributed by atoms with van der Waals surface area (Å²) in [6.45, 7) is 5.62. The van der Waals surface area contributed by atoms with Gasteiger partial charge in [0.2, 0.25) is 0 Å². The average Bonchev–Trinajstić information content (AvgIpc) is 2.71. The molecule has 2 aliphatic rings. The smallest absolute Gasteiger partial charge is 0.123 e. The molecule has 1 aromatic carbocycles. The van der Waals surface area contributed by atoms with E-state index in [1.165, 1.54) is 49.9 Å².